The molecule has 2 heterocycles. The second-order valence-electron chi connectivity index (χ2n) is 4.94. The molecule has 22 heavy (non-hydrogen) atoms. The molecule has 0 aliphatic rings. The topological polar surface area (TPSA) is 52.1 Å². The highest BCUT2D eigenvalue weighted by Gasteiger charge is 2.10. The van der Waals surface area contributed by atoms with Gasteiger partial charge in [-0.3, -0.25) is 0 Å². The Morgan fingerprint density at radius 2 is 1.18 bits per heavy atom. The Labute approximate surface area is 123 Å². The predicted molar refractivity (Wildman–Crippen MR) is 75.3 cm³/mol. The Morgan fingerprint density at radius 1 is 0.727 bits per heavy atom. The fraction of sp³-hybridized carbons (Fsp3) is 0.125. The van der Waals surface area contributed by atoms with Gasteiger partial charge in [-0.25, -0.2) is 18.7 Å². The van der Waals surface area contributed by atoms with Crippen LogP contribution in [0.2, 0.25) is 0 Å². The lowest BCUT2D eigenvalue weighted by Gasteiger charge is -1.90. The SMILES string of the molecule is Fc1ccc2oc(CCc3nc4cc(F)ccc4o3)nc2c1. The largest absolute Gasteiger partial charge is 0.441 e. The Kier molecular flexibility index (Phi) is 2.89. The van der Waals surface area contributed by atoms with E-state index in [0.717, 1.165) is 0 Å². The Balaban J connectivity index is 1.56. The van der Waals surface area contributed by atoms with Crippen LogP contribution in [0.1, 0.15) is 11.8 Å². The van der Waals surface area contributed by atoms with Crippen LogP contribution in [0.5, 0.6) is 0 Å². The maximum absolute atomic E-state index is 13.1. The van der Waals surface area contributed by atoms with E-state index in [1.807, 2.05) is 0 Å². The van der Waals surface area contributed by atoms with Crippen molar-refractivity contribution in [3.63, 3.8) is 0 Å². The van der Waals surface area contributed by atoms with Gasteiger partial charge in [-0.05, 0) is 24.3 Å². The molecule has 0 unspecified atom stereocenters. The molecule has 110 valence electrons. The van der Waals surface area contributed by atoms with E-state index in [9.17, 15) is 8.78 Å². The van der Waals surface area contributed by atoms with Crippen LogP contribution >= 0.6 is 0 Å². The van der Waals surface area contributed by atoms with E-state index in [0.29, 0.717) is 46.8 Å². The van der Waals surface area contributed by atoms with Crippen molar-refractivity contribution >= 4 is 22.2 Å². The summed E-state index contributed by atoms with van der Waals surface area (Å²) in [5.41, 5.74) is 2.04. The van der Waals surface area contributed by atoms with Gasteiger partial charge in [0.2, 0.25) is 0 Å². The third kappa shape index (κ3) is 2.32. The van der Waals surface area contributed by atoms with Gasteiger partial charge in [0.15, 0.2) is 22.9 Å². The second kappa shape index (κ2) is 4.91. The Hall–Kier alpha value is -2.76. The molecule has 2 aromatic heterocycles. The molecule has 4 rings (SSSR count). The molecule has 0 amide bonds. The lowest BCUT2D eigenvalue weighted by atomic mass is 10.3. The number of hydrogen-bond donors (Lipinski definition) is 0. The lowest BCUT2D eigenvalue weighted by Crippen LogP contribution is -1.91. The van der Waals surface area contributed by atoms with Crippen LogP contribution in [-0.2, 0) is 12.8 Å². The van der Waals surface area contributed by atoms with Crippen molar-refractivity contribution in [1.29, 1.82) is 0 Å². The van der Waals surface area contributed by atoms with E-state index in [-0.39, 0.29) is 11.6 Å². The zero-order valence-corrected chi connectivity index (χ0v) is 11.3. The van der Waals surface area contributed by atoms with Gasteiger partial charge in [0.05, 0.1) is 0 Å². The minimum absolute atomic E-state index is 0.353. The zero-order valence-electron chi connectivity index (χ0n) is 11.3. The molecular weight excluding hydrogens is 290 g/mol. The number of halogens is 2. The van der Waals surface area contributed by atoms with Crippen LogP contribution in [0.4, 0.5) is 8.78 Å². The molecule has 0 fully saturated rings. The molecule has 6 heteroatoms. The van der Waals surface area contributed by atoms with Crippen molar-refractivity contribution < 1.29 is 17.6 Å². The van der Waals surface area contributed by atoms with E-state index >= 15 is 0 Å². The normalized spacial score (nSPS) is 11.5. The van der Waals surface area contributed by atoms with E-state index in [1.165, 1.54) is 24.3 Å². The first-order valence-electron chi connectivity index (χ1n) is 6.77. The van der Waals surface area contributed by atoms with Gasteiger partial charge >= 0.3 is 0 Å². The molecule has 0 aliphatic carbocycles. The standard InChI is InChI=1S/C16H10F2N2O2/c17-9-1-3-13-11(7-9)19-15(21-13)5-6-16-20-12-8-10(18)2-4-14(12)22-16/h1-4,7-8H,5-6H2. The minimum Gasteiger partial charge on any atom is -0.441 e. The maximum atomic E-state index is 13.1. The molecule has 2 aromatic carbocycles. The van der Waals surface area contributed by atoms with Gasteiger partial charge in [0, 0.05) is 25.0 Å². The number of aryl methyl sites for hydroxylation is 2. The summed E-state index contributed by atoms with van der Waals surface area (Å²) in [6.07, 6.45) is 0.928. The van der Waals surface area contributed by atoms with Gasteiger partial charge in [0.1, 0.15) is 22.7 Å². The maximum Gasteiger partial charge on any atom is 0.195 e. The van der Waals surface area contributed by atoms with Crippen molar-refractivity contribution in [3.05, 3.63) is 59.8 Å². The highest BCUT2D eigenvalue weighted by Crippen LogP contribution is 2.20. The zero-order chi connectivity index (χ0) is 15.1. The number of benzene rings is 2. The Morgan fingerprint density at radius 3 is 1.64 bits per heavy atom. The molecule has 4 nitrogen and oxygen atoms in total. The highest BCUT2D eigenvalue weighted by molar-refractivity contribution is 5.73. The van der Waals surface area contributed by atoms with E-state index in [2.05, 4.69) is 9.97 Å². The number of rotatable bonds is 3. The first kappa shape index (κ1) is 12.9. The smallest absolute Gasteiger partial charge is 0.195 e. The quantitative estimate of drug-likeness (QED) is 0.573. The molecule has 0 aliphatic heterocycles. The van der Waals surface area contributed by atoms with E-state index in [1.54, 1.807) is 12.1 Å². The van der Waals surface area contributed by atoms with E-state index in [4.69, 9.17) is 8.83 Å². The molecule has 0 saturated carbocycles. The molecule has 4 aromatic rings. The summed E-state index contributed by atoms with van der Waals surface area (Å²) >= 11 is 0. The number of oxazole rings is 2. The monoisotopic (exact) mass is 300 g/mol. The van der Waals surface area contributed by atoms with Crippen molar-refractivity contribution in [2.75, 3.05) is 0 Å². The van der Waals surface area contributed by atoms with Crippen molar-refractivity contribution in [3.8, 4) is 0 Å². The van der Waals surface area contributed by atoms with Gasteiger partial charge in [-0.1, -0.05) is 0 Å². The number of aromatic nitrogens is 2. The third-order valence-corrected chi connectivity index (χ3v) is 3.34. The average molecular weight is 300 g/mol. The van der Waals surface area contributed by atoms with Gasteiger partial charge in [-0.2, -0.15) is 0 Å². The Bertz CT molecular complexity index is 895. The molecular formula is C16H10F2N2O2. The summed E-state index contributed by atoms with van der Waals surface area (Å²) in [5.74, 6) is 0.254. The van der Waals surface area contributed by atoms with Crippen LogP contribution in [-0.4, -0.2) is 9.97 Å². The van der Waals surface area contributed by atoms with Crippen LogP contribution in [0.15, 0.2) is 45.2 Å². The molecule has 0 spiro atoms. The summed E-state index contributed by atoms with van der Waals surface area (Å²) in [6, 6.07) is 8.39. The summed E-state index contributed by atoms with van der Waals surface area (Å²) in [7, 11) is 0. The average Bonchev–Trinajstić information content (AvgIpc) is 3.07. The fourth-order valence-corrected chi connectivity index (χ4v) is 2.32. The first-order valence-corrected chi connectivity index (χ1v) is 6.77. The van der Waals surface area contributed by atoms with Gasteiger partial charge in [-0.15, -0.1) is 0 Å². The molecule has 0 saturated heterocycles. The van der Waals surface area contributed by atoms with Gasteiger partial charge in [0.25, 0.3) is 0 Å². The molecule has 0 bridgehead atoms. The van der Waals surface area contributed by atoms with Crippen LogP contribution < -0.4 is 0 Å². The lowest BCUT2D eigenvalue weighted by molar-refractivity contribution is 0.487. The van der Waals surface area contributed by atoms with Crippen LogP contribution in [0, 0.1) is 11.6 Å². The molecule has 0 atom stereocenters. The number of nitrogens with zero attached hydrogens (tertiary/aromatic N) is 2. The predicted octanol–water partition coefficient (Wildman–Crippen LogP) is 4.03. The second-order valence-corrected chi connectivity index (χ2v) is 4.94. The summed E-state index contributed by atoms with van der Waals surface area (Å²) in [5, 5.41) is 0. The number of hydrogen-bond acceptors (Lipinski definition) is 4. The summed E-state index contributed by atoms with van der Waals surface area (Å²) < 4.78 is 37.3. The van der Waals surface area contributed by atoms with Crippen molar-refractivity contribution in [1.82, 2.24) is 9.97 Å². The minimum atomic E-state index is -0.353. The molecule has 0 radical (unpaired) electrons. The van der Waals surface area contributed by atoms with Crippen molar-refractivity contribution in [2.45, 2.75) is 12.8 Å². The van der Waals surface area contributed by atoms with E-state index < -0.39 is 0 Å². The third-order valence-electron chi connectivity index (χ3n) is 3.34. The van der Waals surface area contributed by atoms with Crippen LogP contribution in [0.25, 0.3) is 22.2 Å². The first-order chi connectivity index (χ1) is 10.7. The van der Waals surface area contributed by atoms with Crippen molar-refractivity contribution in [2.24, 2.45) is 0 Å². The van der Waals surface area contributed by atoms with Crippen LogP contribution in [0.3, 0.4) is 0 Å². The highest BCUT2D eigenvalue weighted by atomic mass is 19.1. The van der Waals surface area contributed by atoms with Gasteiger partial charge < -0.3 is 8.83 Å². The summed E-state index contributed by atoms with van der Waals surface area (Å²) in [6.45, 7) is 0. The fourth-order valence-electron chi connectivity index (χ4n) is 2.32. The number of fused-ring (bicyclic) bond motifs is 2. The summed E-state index contributed by atoms with van der Waals surface area (Å²) in [4.78, 5) is 8.44. The molecule has 0 N–H and O–H groups in total.